The summed E-state index contributed by atoms with van der Waals surface area (Å²) in [4.78, 5) is 13.4. The van der Waals surface area contributed by atoms with Crippen molar-refractivity contribution < 1.29 is 9.90 Å². The number of anilines is 2. The molecular formula is C25H21ClN2O2. The third kappa shape index (κ3) is 3.33. The van der Waals surface area contributed by atoms with E-state index in [0.717, 1.165) is 29.1 Å². The number of phenolic OH excluding ortho intramolecular Hbond substituents is 1. The molecule has 30 heavy (non-hydrogen) atoms. The van der Waals surface area contributed by atoms with Gasteiger partial charge in [0.2, 0.25) is 0 Å². The zero-order valence-electron chi connectivity index (χ0n) is 16.2. The number of hydrogen-bond acceptors (Lipinski definition) is 4. The second-order valence-corrected chi connectivity index (χ2v) is 8.22. The lowest BCUT2D eigenvalue weighted by Gasteiger charge is -2.30. The second-order valence-electron chi connectivity index (χ2n) is 7.78. The van der Waals surface area contributed by atoms with Gasteiger partial charge in [-0.25, -0.2) is 0 Å². The number of benzene rings is 3. The first-order valence-electron chi connectivity index (χ1n) is 10.0. The predicted octanol–water partition coefficient (Wildman–Crippen LogP) is 6.03. The molecular weight excluding hydrogens is 396 g/mol. The van der Waals surface area contributed by atoms with E-state index in [1.807, 2.05) is 42.5 Å². The van der Waals surface area contributed by atoms with Crippen molar-refractivity contribution >= 4 is 28.8 Å². The molecule has 0 fully saturated rings. The van der Waals surface area contributed by atoms with Gasteiger partial charge in [-0.2, -0.15) is 0 Å². The van der Waals surface area contributed by atoms with E-state index in [1.54, 1.807) is 18.2 Å². The number of halogens is 1. The molecule has 3 N–H and O–H groups in total. The van der Waals surface area contributed by atoms with E-state index < -0.39 is 6.04 Å². The average molecular weight is 417 g/mol. The van der Waals surface area contributed by atoms with Crippen molar-refractivity contribution in [2.75, 3.05) is 10.6 Å². The maximum Gasteiger partial charge on any atom is 0.163 e. The van der Waals surface area contributed by atoms with E-state index in [4.69, 9.17) is 11.6 Å². The zero-order valence-corrected chi connectivity index (χ0v) is 17.0. The van der Waals surface area contributed by atoms with Gasteiger partial charge in [-0.05, 0) is 48.2 Å². The number of carbonyl (C=O) groups is 1. The molecule has 2 aliphatic rings. The number of fused-ring (bicyclic) bond motifs is 1. The predicted molar refractivity (Wildman–Crippen MR) is 120 cm³/mol. The van der Waals surface area contributed by atoms with Crippen molar-refractivity contribution in [2.24, 2.45) is 0 Å². The first-order chi connectivity index (χ1) is 14.6. The third-order valence-electron chi connectivity index (χ3n) is 5.88. The van der Waals surface area contributed by atoms with E-state index in [9.17, 15) is 9.90 Å². The van der Waals surface area contributed by atoms with Crippen LogP contribution >= 0.6 is 11.6 Å². The smallest absolute Gasteiger partial charge is 0.163 e. The molecule has 0 amide bonds. The van der Waals surface area contributed by atoms with Gasteiger partial charge in [0.15, 0.2) is 5.78 Å². The first-order valence-corrected chi connectivity index (χ1v) is 10.4. The summed E-state index contributed by atoms with van der Waals surface area (Å²) in [6.07, 6.45) is 1.15. The molecule has 0 aromatic heterocycles. The van der Waals surface area contributed by atoms with Gasteiger partial charge in [0.1, 0.15) is 5.75 Å². The number of nitrogens with one attached hydrogen (secondary N) is 2. The first kappa shape index (κ1) is 18.8. The van der Waals surface area contributed by atoms with Crippen LogP contribution < -0.4 is 10.6 Å². The standard InChI is InChI=1S/C25H21ClN2O2/c26-17-10-11-22(29)18(14-17)25-24-21(27-19-8-4-5-9-20(19)28-25)12-16(13-23(24)30)15-6-2-1-3-7-15/h1-11,14,16,25,27-29H,12-13H2. The number of allylic oxidation sites excluding steroid dienone is 1. The Kier molecular flexibility index (Phi) is 4.72. The van der Waals surface area contributed by atoms with E-state index >= 15 is 0 Å². The Morgan fingerprint density at radius 1 is 0.900 bits per heavy atom. The van der Waals surface area contributed by atoms with Crippen molar-refractivity contribution in [3.63, 3.8) is 0 Å². The Morgan fingerprint density at radius 2 is 1.63 bits per heavy atom. The van der Waals surface area contributed by atoms with Crippen LogP contribution in [0.4, 0.5) is 11.4 Å². The van der Waals surface area contributed by atoms with Gasteiger partial charge in [0.05, 0.1) is 17.4 Å². The second kappa shape index (κ2) is 7.54. The molecule has 4 nitrogen and oxygen atoms in total. The van der Waals surface area contributed by atoms with Crippen LogP contribution in [0, 0.1) is 0 Å². The number of ketones is 1. The van der Waals surface area contributed by atoms with Crippen LogP contribution in [0.2, 0.25) is 5.02 Å². The van der Waals surface area contributed by atoms with E-state index in [-0.39, 0.29) is 17.5 Å². The minimum absolute atomic E-state index is 0.0716. The number of Topliss-reactive ketones (excluding diaryl/α,β-unsaturated/α-hetero) is 1. The Labute approximate surface area is 180 Å². The molecule has 0 bridgehead atoms. The summed E-state index contributed by atoms with van der Waals surface area (Å²) in [5.41, 5.74) is 5.10. The van der Waals surface area contributed by atoms with Crippen LogP contribution in [0.3, 0.4) is 0 Å². The third-order valence-corrected chi connectivity index (χ3v) is 6.12. The molecule has 1 heterocycles. The van der Waals surface area contributed by atoms with Gasteiger partial charge in [-0.3, -0.25) is 4.79 Å². The highest BCUT2D eigenvalue weighted by Crippen LogP contribution is 2.45. The molecule has 150 valence electrons. The summed E-state index contributed by atoms with van der Waals surface area (Å²) in [6.45, 7) is 0. The summed E-state index contributed by atoms with van der Waals surface area (Å²) in [6, 6.07) is 22.5. The number of aromatic hydroxyl groups is 1. The minimum Gasteiger partial charge on any atom is -0.508 e. The summed E-state index contributed by atoms with van der Waals surface area (Å²) in [7, 11) is 0. The molecule has 0 saturated heterocycles. The van der Waals surface area contributed by atoms with Gasteiger partial charge in [0, 0.05) is 28.3 Å². The van der Waals surface area contributed by atoms with Crippen LogP contribution in [0.5, 0.6) is 5.75 Å². The number of para-hydroxylation sites is 2. The monoisotopic (exact) mass is 416 g/mol. The van der Waals surface area contributed by atoms with Crippen molar-refractivity contribution in [1.82, 2.24) is 0 Å². The average Bonchev–Trinajstić information content (AvgIpc) is 2.93. The van der Waals surface area contributed by atoms with E-state index in [2.05, 4.69) is 22.8 Å². The van der Waals surface area contributed by atoms with E-state index in [1.165, 1.54) is 0 Å². The van der Waals surface area contributed by atoms with Gasteiger partial charge in [-0.1, -0.05) is 54.1 Å². The van der Waals surface area contributed by atoms with Gasteiger partial charge >= 0.3 is 0 Å². The maximum atomic E-state index is 13.4. The SMILES string of the molecule is O=C1CC(c2ccccc2)CC2=C1C(c1cc(Cl)ccc1O)Nc1ccccc1N2. The van der Waals surface area contributed by atoms with Crippen LogP contribution in [-0.2, 0) is 4.79 Å². The summed E-state index contributed by atoms with van der Waals surface area (Å²) in [5.74, 6) is 0.298. The summed E-state index contributed by atoms with van der Waals surface area (Å²) in [5, 5.41) is 18.1. The highest BCUT2D eigenvalue weighted by molar-refractivity contribution is 6.30. The molecule has 2 atom stereocenters. The van der Waals surface area contributed by atoms with Gasteiger partial charge < -0.3 is 15.7 Å². The Morgan fingerprint density at radius 3 is 2.43 bits per heavy atom. The molecule has 3 aromatic rings. The van der Waals surface area contributed by atoms with Crippen molar-refractivity contribution in [1.29, 1.82) is 0 Å². The zero-order chi connectivity index (χ0) is 20.7. The maximum absolute atomic E-state index is 13.4. The molecule has 1 aliphatic carbocycles. The van der Waals surface area contributed by atoms with Crippen LogP contribution in [0.25, 0.3) is 0 Å². The Bertz CT molecular complexity index is 1160. The fourth-order valence-electron chi connectivity index (χ4n) is 4.44. The lowest BCUT2D eigenvalue weighted by atomic mass is 9.78. The Balaban J connectivity index is 1.65. The highest BCUT2D eigenvalue weighted by Gasteiger charge is 2.36. The number of phenols is 1. The molecule has 0 radical (unpaired) electrons. The Hall–Kier alpha value is -3.24. The van der Waals surface area contributed by atoms with Crippen molar-refractivity contribution in [3.8, 4) is 5.75 Å². The number of carbonyl (C=O) groups excluding carboxylic acids is 1. The molecule has 5 heteroatoms. The fourth-order valence-corrected chi connectivity index (χ4v) is 4.62. The van der Waals surface area contributed by atoms with Crippen LogP contribution in [-0.4, -0.2) is 10.9 Å². The minimum atomic E-state index is -0.487. The molecule has 1 aliphatic heterocycles. The molecule has 3 aromatic carbocycles. The van der Waals surface area contributed by atoms with Crippen molar-refractivity contribution in [2.45, 2.75) is 24.8 Å². The summed E-state index contributed by atoms with van der Waals surface area (Å²) >= 11 is 6.24. The lowest BCUT2D eigenvalue weighted by Crippen LogP contribution is -2.27. The normalized spacial score (nSPS) is 20.5. The van der Waals surface area contributed by atoms with Crippen LogP contribution in [0.1, 0.15) is 35.9 Å². The van der Waals surface area contributed by atoms with Crippen molar-refractivity contribution in [3.05, 3.63) is 100 Å². The summed E-state index contributed by atoms with van der Waals surface area (Å²) < 4.78 is 0. The van der Waals surface area contributed by atoms with E-state index in [0.29, 0.717) is 22.6 Å². The number of hydrogen-bond donors (Lipinski definition) is 3. The van der Waals surface area contributed by atoms with Gasteiger partial charge in [0.25, 0.3) is 0 Å². The lowest BCUT2D eigenvalue weighted by molar-refractivity contribution is -0.116. The van der Waals surface area contributed by atoms with Crippen LogP contribution in [0.15, 0.2) is 84.1 Å². The van der Waals surface area contributed by atoms with Gasteiger partial charge in [-0.15, -0.1) is 0 Å². The topological polar surface area (TPSA) is 61.4 Å². The fraction of sp³-hybridized carbons (Fsp3) is 0.160. The molecule has 2 unspecified atom stereocenters. The molecule has 0 saturated carbocycles. The molecule has 0 spiro atoms. The highest BCUT2D eigenvalue weighted by atomic mass is 35.5. The largest absolute Gasteiger partial charge is 0.508 e. The quantitative estimate of drug-likeness (QED) is 0.477. The number of rotatable bonds is 2. The molecule has 5 rings (SSSR count).